The molecule has 0 aliphatic carbocycles. The maximum absolute atomic E-state index is 13.4. The molecule has 1 amide bonds. The summed E-state index contributed by atoms with van der Waals surface area (Å²) in [6.45, 7) is 5.28. The maximum atomic E-state index is 13.4. The summed E-state index contributed by atoms with van der Waals surface area (Å²) in [6, 6.07) is 10.1. The second kappa shape index (κ2) is 8.09. The highest BCUT2D eigenvalue weighted by Gasteiger charge is 2.33. The molecular weight excluding hydrogens is 418 g/mol. The summed E-state index contributed by atoms with van der Waals surface area (Å²) in [4.78, 5) is 26.0. The molecule has 10 nitrogen and oxygen atoms in total. The third kappa shape index (κ3) is 3.79. The number of tetrazole rings is 1. The van der Waals surface area contributed by atoms with Crippen LogP contribution in [0.3, 0.4) is 0 Å². The molecule has 33 heavy (non-hydrogen) atoms. The Morgan fingerprint density at radius 1 is 1.09 bits per heavy atom. The first-order valence-electron chi connectivity index (χ1n) is 11.7. The lowest BCUT2D eigenvalue weighted by molar-refractivity contribution is -0.137. The van der Waals surface area contributed by atoms with Gasteiger partial charge in [-0.05, 0) is 72.9 Å². The summed E-state index contributed by atoms with van der Waals surface area (Å²) in [5.41, 5.74) is 3.93. The molecule has 1 aromatic carbocycles. The van der Waals surface area contributed by atoms with Crippen LogP contribution in [-0.2, 0) is 4.79 Å². The normalized spacial score (nSPS) is 20.1. The highest BCUT2D eigenvalue weighted by atomic mass is 16.2. The van der Waals surface area contributed by atoms with Gasteiger partial charge in [0.15, 0.2) is 11.5 Å². The van der Waals surface area contributed by atoms with Crippen LogP contribution in [0.2, 0.25) is 0 Å². The average molecular weight is 446 g/mol. The van der Waals surface area contributed by atoms with Gasteiger partial charge in [-0.3, -0.25) is 4.79 Å². The van der Waals surface area contributed by atoms with Crippen molar-refractivity contribution < 1.29 is 4.79 Å². The molecule has 5 heterocycles. The van der Waals surface area contributed by atoms with Gasteiger partial charge in [0.2, 0.25) is 5.91 Å². The molecule has 0 spiro atoms. The SMILES string of the molecule is Cc1ccc2nc(C3CCCN(C(=O)C4CCN(c5ccc6nnnn6n5)CC4)C3)[nH]c2c1. The quantitative estimate of drug-likeness (QED) is 0.516. The average Bonchev–Trinajstić information content (AvgIpc) is 3.50. The Balaban J connectivity index is 1.10. The number of carbonyl (C=O) groups excluding carboxylic acids is 1. The number of piperidine rings is 2. The zero-order chi connectivity index (χ0) is 22.4. The number of benzene rings is 1. The standard InChI is InChI=1S/C23H27N9O/c1-15-4-5-18-19(13-15)25-22(24-18)17-3-2-10-31(14-17)23(33)16-8-11-30(12-9-16)21-7-6-20-26-28-29-32(20)27-21/h4-7,13,16-17H,2-3,8-12,14H2,1H3,(H,24,25). The van der Waals surface area contributed by atoms with Gasteiger partial charge < -0.3 is 14.8 Å². The van der Waals surface area contributed by atoms with Crippen LogP contribution >= 0.6 is 0 Å². The van der Waals surface area contributed by atoms with E-state index in [0.29, 0.717) is 5.65 Å². The van der Waals surface area contributed by atoms with Crippen LogP contribution in [-0.4, -0.2) is 72.2 Å². The van der Waals surface area contributed by atoms with Gasteiger partial charge in [-0.2, -0.15) is 0 Å². The van der Waals surface area contributed by atoms with E-state index < -0.39 is 0 Å². The van der Waals surface area contributed by atoms with Gasteiger partial charge in [-0.1, -0.05) is 6.07 Å². The Morgan fingerprint density at radius 3 is 2.85 bits per heavy atom. The van der Waals surface area contributed by atoms with E-state index in [2.05, 4.69) is 60.5 Å². The van der Waals surface area contributed by atoms with Crippen molar-refractivity contribution in [3.05, 3.63) is 41.7 Å². The highest BCUT2D eigenvalue weighted by molar-refractivity contribution is 5.79. The van der Waals surface area contributed by atoms with Crippen LogP contribution < -0.4 is 4.90 Å². The summed E-state index contributed by atoms with van der Waals surface area (Å²) in [5.74, 6) is 2.47. The molecule has 170 valence electrons. The largest absolute Gasteiger partial charge is 0.355 e. The smallest absolute Gasteiger partial charge is 0.225 e. The van der Waals surface area contributed by atoms with E-state index in [-0.39, 0.29) is 17.7 Å². The number of fused-ring (bicyclic) bond motifs is 2. The third-order valence-corrected chi connectivity index (χ3v) is 7.00. The van der Waals surface area contributed by atoms with Crippen molar-refractivity contribution in [2.24, 2.45) is 5.92 Å². The maximum Gasteiger partial charge on any atom is 0.225 e. The molecule has 0 bridgehead atoms. The number of aromatic amines is 1. The van der Waals surface area contributed by atoms with Crippen molar-refractivity contribution in [3.8, 4) is 0 Å². The topological polar surface area (TPSA) is 108 Å². The van der Waals surface area contributed by atoms with E-state index in [1.807, 2.05) is 12.1 Å². The summed E-state index contributed by atoms with van der Waals surface area (Å²) < 4.78 is 1.44. The molecule has 4 aromatic rings. The van der Waals surface area contributed by atoms with Crippen LogP contribution in [0.25, 0.3) is 16.7 Å². The Kier molecular flexibility index (Phi) is 4.92. The van der Waals surface area contributed by atoms with Crippen molar-refractivity contribution in [3.63, 3.8) is 0 Å². The van der Waals surface area contributed by atoms with Crippen LogP contribution in [0.15, 0.2) is 30.3 Å². The van der Waals surface area contributed by atoms with Gasteiger partial charge in [0, 0.05) is 38.0 Å². The molecule has 0 radical (unpaired) electrons. The molecule has 2 saturated heterocycles. The summed E-state index contributed by atoms with van der Waals surface area (Å²) in [6.07, 6.45) is 3.74. The van der Waals surface area contributed by atoms with E-state index in [0.717, 1.165) is 74.5 Å². The van der Waals surface area contributed by atoms with E-state index in [1.165, 1.54) is 10.2 Å². The predicted octanol–water partition coefficient (Wildman–Crippen LogP) is 2.33. The van der Waals surface area contributed by atoms with Crippen molar-refractivity contribution in [2.45, 2.75) is 38.5 Å². The molecule has 6 rings (SSSR count). The molecule has 10 heteroatoms. The zero-order valence-electron chi connectivity index (χ0n) is 18.7. The summed E-state index contributed by atoms with van der Waals surface area (Å²) >= 11 is 0. The van der Waals surface area contributed by atoms with Crippen LogP contribution in [0.1, 0.15) is 43.0 Å². The van der Waals surface area contributed by atoms with Gasteiger partial charge in [0.05, 0.1) is 11.0 Å². The van der Waals surface area contributed by atoms with E-state index in [9.17, 15) is 4.79 Å². The number of hydrogen-bond acceptors (Lipinski definition) is 7. The highest BCUT2D eigenvalue weighted by Crippen LogP contribution is 2.30. The molecule has 2 aliphatic heterocycles. The van der Waals surface area contributed by atoms with Crippen LogP contribution in [0, 0.1) is 12.8 Å². The lowest BCUT2D eigenvalue weighted by atomic mass is 9.92. The van der Waals surface area contributed by atoms with Crippen molar-refractivity contribution >= 4 is 28.4 Å². The van der Waals surface area contributed by atoms with Crippen LogP contribution in [0.5, 0.6) is 0 Å². The number of carbonyl (C=O) groups is 1. The second-order valence-electron chi connectivity index (χ2n) is 9.25. The Hall–Kier alpha value is -3.56. The van der Waals surface area contributed by atoms with E-state index >= 15 is 0 Å². The molecule has 3 aromatic heterocycles. The number of likely N-dealkylation sites (tertiary alicyclic amines) is 1. The minimum Gasteiger partial charge on any atom is -0.355 e. The lowest BCUT2D eigenvalue weighted by Gasteiger charge is -2.37. The minimum absolute atomic E-state index is 0.0649. The summed E-state index contributed by atoms with van der Waals surface area (Å²) in [5, 5.41) is 15.9. The fourth-order valence-electron chi connectivity index (χ4n) is 5.16. The minimum atomic E-state index is 0.0649. The van der Waals surface area contributed by atoms with Gasteiger partial charge >= 0.3 is 0 Å². The molecule has 2 aliphatic rings. The number of aromatic nitrogens is 7. The number of hydrogen-bond donors (Lipinski definition) is 1. The van der Waals surface area contributed by atoms with Crippen LogP contribution in [0.4, 0.5) is 5.82 Å². The number of anilines is 1. The first-order chi connectivity index (χ1) is 16.1. The number of H-pyrrole nitrogens is 1. The molecule has 1 unspecified atom stereocenters. The van der Waals surface area contributed by atoms with Crippen molar-refractivity contribution in [1.29, 1.82) is 0 Å². The Labute approximate surface area is 191 Å². The number of nitrogens with zero attached hydrogens (tertiary/aromatic N) is 8. The van der Waals surface area contributed by atoms with Gasteiger partial charge in [-0.15, -0.1) is 14.8 Å². The number of nitrogens with one attached hydrogen (secondary N) is 1. The first-order valence-corrected chi connectivity index (χ1v) is 11.7. The third-order valence-electron chi connectivity index (χ3n) is 7.00. The fraction of sp³-hybridized carbons (Fsp3) is 0.478. The molecule has 0 saturated carbocycles. The number of amides is 1. The van der Waals surface area contributed by atoms with Gasteiger partial charge in [-0.25, -0.2) is 4.98 Å². The zero-order valence-corrected chi connectivity index (χ0v) is 18.7. The van der Waals surface area contributed by atoms with Gasteiger partial charge in [0.25, 0.3) is 0 Å². The number of imidazole rings is 1. The predicted molar refractivity (Wildman–Crippen MR) is 123 cm³/mol. The second-order valence-corrected chi connectivity index (χ2v) is 9.25. The summed E-state index contributed by atoms with van der Waals surface area (Å²) in [7, 11) is 0. The molecule has 1 atom stereocenters. The lowest BCUT2D eigenvalue weighted by Crippen LogP contribution is -2.46. The van der Waals surface area contributed by atoms with E-state index in [1.54, 1.807) is 0 Å². The van der Waals surface area contributed by atoms with Crippen molar-refractivity contribution in [1.82, 2.24) is 40.1 Å². The number of rotatable bonds is 3. The number of aryl methyl sites for hydroxylation is 1. The van der Waals surface area contributed by atoms with Gasteiger partial charge in [0.1, 0.15) is 5.82 Å². The first kappa shape index (κ1) is 20.1. The van der Waals surface area contributed by atoms with E-state index in [4.69, 9.17) is 4.98 Å². The molecular formula is C23H27N9O. The Morgan fingerprint density at radius 2 is 1.97 bits per heavy atom. The Bertz CT molecular complexity index is 1300. The molecule has 1 N–H and O–H groups in total. The molecule has 2 fully saturated rings. The monoisotopic (exact) mass is 445 g/mol. The fourth-order valence-corrected chi connectivity index (χ4v) is 5.16. The van der Waals surface area contributed by atoms with Crippen molar-refractivity contribution in [2.75, 3.05) is 31.1 Å².